The molecule has 8 heteroatoms. The molecule has 3 rings (SSSR count). The summed E-state index contributed by atoms with van der Waals surface area (Å²) in [5.41, 5.74) is -1.55. The molecule has 1 aliphatic carbocycles. The van der Waals surface area contributed by atoms with Gasteiger partial charge in [-0.25, -0.2) is 4.98 Å². The number of aromatic nitrogens is 2. The molecule has 0 saturated heterocycles. The van der Waals surface area contributed by atoms with Crippen LogP contribution in [0.2, 0.25) is 0 Å². The fraction of sp³-hybridized carbons (Fsp3) is 0.389. The molecule has 1 saturated carbocycles. The van der Waals surface area contributed by atoms with Crippen LogP contribution in [0.5, 0.6) is 0 Å². The van der Waals surface area contributed by atoms with Crippen molar-refractivity contribution in [1.29, 1.82) is 5.26 Å². The molecule has 2 N–H and O–H groups in total. The number of hydrogen-bond donors (Lipinski definition) is 2. The van der Waals surface area contributed by atoms with Crippen LogP contribution in [-0.2, 0) is 12.6 Å². The standard InChI is InChI=1S/C18H17F3N4O/c19-18(20,21)14-8-4-1-5-11(14)9-15-24-16(13(10-22)17(26)25-15)23-12-6-2-3-7-12/h1,4-5,8,12H,2-3,6-7,9H2,(H2,23,24,25,26). The van der Waals surface area contributed by atoms with Crippen molar-refractivity contribution in [2.75, 3.05) is 5.32 Å². The Hall–Kier alpha value is -2.82. The van der Waals surface area contributed by atoms with Crippen molar-refractivity contribution in [2.45, 2.75) is 44.3 Å². The van der Waals surface area contributed by atoms with Gasteiger partial charge in [-0.2, -0.15) is 18.4 Å². The van der Waals surface area contributed by atoms with Gasteiger partial charge < -0.3 is 10.3 Å². The van der Waals surface area contributed by atoms with E-state index < -0.39 is 17.3 Å². The van der Waals surface area contributed by atoms with E-state index in [1.165, 1.54) is 18.2 Å². The number of benzene rings is 1. The first-order valence-electron chi connectivity index (χ1n) is 8.33. The van der Waals surface area contributed by atoms with Gasteiger partial charge in [0.25, 0.3) is 5.56 Å². The molecule has 0 bridgehead atoms. The van der Waals surface area contributed by atoms with E-state index in [4.69, 9.17) is 0 Å². The van der Waals surface area contributed by atoms with Gasteiger partial charge in [0.05, 0.1) is 5.56 Å². The third-order valence-electron chi connectivity index (χ3n) is 4.46. The number of anilines is 1. The summed E-state index contributed by atoms with van der Waals surface area (Å²) in [7, 11) is 0. The van der Waals surface area contributed by atoms with E-state index in [9.17, 15) is 23.2 Å². The lowest BCUT2D eigenvalue weighted by atomic mass is 10.0. The summed E-state index contributed by atoms with van der Waals surface area (Å²) in [5, 5.41) is 12.3. The molecule has 0 atom stereocenters. The number of aromatic amines is 1. The van der Waals surface area contributed by atoms with Crippen LogP contribution in [0.3, 0.4) is 0 Å². The minimum absolute atomic E-state index is 0.0136. The Labute approximate surface area is 147 Å². The largest absolute Gasteiger partial charge is 0.416 e. The first kappa shape index (κ1) is 18.0. The second-order valence-electron chi connectivity index (χ2n) is 6.31. The van der Waals surface area contributed by atoms with Crippen molar-refractivity contribution >= 4 is 5.82 Å². The minimum Gasteiger partial charge on any atom is -0.366 e. The molecule has 0 spiro atoms. The summed E-state index contributed by atoms with van der Waals surface area (Å²) in [4.78, 5) is 18.8. The van der Waals surface area contributed by atoms with Crippen molar-refractivity contribution in [2.24, 2.45) is 0 Å². The van der Waals surface area contributed by atoms with E-state index >= 15 is 0 Å². The fourth-order valence-electron chi connectivity index (χ4n) is 3.21. The predicted octanol–water partition coefficient (Wildman–Crippen LogP) is 3.61. The Bertz CT molecular complexity index is 893. The quantitative estimate of drug-likeness (QED) is 0.871. The van der Waals surface area contributed by atoms with Gasteiger partial charge in [0.1, 0.15) is 11.9 Å². The second kappa shape index (κ2) is 7.20. The first-order valence-corrected chi connectivity index (χ1v) is 8.33. The smallest absolute Gasteiger partial charge is 0.366 e. The van der Waals surface area contributed by atoms with Crippen LogP contribution >= 0.6 is 0 Å². The Morgan fingerprint density at radius 1 is 1.27 bits per heavy atom. The molecule has 2 aromatic rings. The van der Waals surface area contributed by atoms with Crippen LogP contribution in [0, 0.1) is 11.3 Å². The number of rotatable bonds is 4. The highest BCUT2D eigenvalue weighted by Gasteiger charge is 2.33. The van der Waals surface area contributed by atoms with Crippen molar-refractivity contribution in [1.82, 2.24) is 9.97 Å². The summed E-state index contributed by atoms with van der Waals surface area (Å²) in [5.74, 6) is 0.230. The lowest BCUT2D eigenvalue weighted by Gasteiger charge is -2.15. The topological polar surface area (TPSA) is 81.6 Å². The molecule has 0 radical (unpaired) electrons. The van der Waals surface area contributed by atoms with Crippen LogP contribution in [0.15, 0.2) is 29.1 Å². The average molecular weight is 362 g/mol. The van der Waals surface area contributed by atoms with Gasteiger partial charge >= 0.3 is 6.18 Å². The molecule has 136 valence electrons. The fourth-order valence-corrected chi connectivity index (χ4v) is 3.21. The zero-order valence-electron chi connectivity index (χ0n) is 13.9. The van der Waals surface area contributed by atoms with Crippen molar-refractivity contribution in [3.8, 4) is 6.07 Å². The number of halogens is 3. The van der Waals surface area contributed by atoms with Gasteiger partial charge in [-0.05, 0) is 24.5 Å². The molecule has 26 heavy (non-hydrogen) atoms. The zero-order chi connectivity index (χ0) is 18.7. The molecular formula is C18H17F3N4O. The molecule has 1 aliphatic rings. The number of H-pyrrole nitrogens is 1. The third kappa shape index (κ3) is 3.87. The normalized spacial score (nSPS) is 15.0. The van der Waals surface area contributed by atoms with E-state index in [-0.39, 0.29) is 35.2 Å². The number of alkyl halides is 3. The molecule has 1 aromatic carbocycles. The maximum atomic E-state index is 13.2. The van der Waals surface area contributed by atoms with Crippen molar-refractivity contribution in [3.05, 3.63) is 57.1 Å². The maximum absolute atomic E-state index is 13.2. The van der Waals surface area contributed by atoms with Crippen molar-refractivity contribution in [3.63, 3.8) is 0 Å². The SMILES string of the molecule is N#Cc1c(NC2CCCC2)nc(Cc2ccccc2C(F)(F)F)[nH]c1=O. The highest BCUT2D eigenvalue weighted by molar-refractivity contribution is 5.51. The van der Waals surface area contributed by atoms with Gasteiger partial charge in [-0.1, -0.05) is 31.0 Å². The molecule has 1 fully saturated rings. The minimum atomic E-state index is -4.49. The van der Waals surface area contributed by atoms with E-state index in [1.54, 1.807) is 0 Å². The molecule has 1 heterocycles. The maximum Gasteiger partial charge on any atom is 0.416 e. The Kier molecular flexibility index (Phi) is 4.98. The number of nitriles is 1. The van der Waals surface area contributed by atoms with Crippen molar-refractivity contribution < 1.29 is 13.2 Å². The first-order chi connectivity index (χ1) is 12.4. The lowest BCUT2D eigenvalue weighted by Crippen LogP contribution is -2.23. The van der Waals surface area contributed by atoms with E-state index in [0.29, 0.717) is 0 Å². The molecule has 1 aromatic heterocycles. The van der Waals surface area contributed by atoms with Gasteiger partial charge in [-0.3, -0.25) is 4.79 Å². The summed E-state index contributed by atoms with van der Waals surface area (Å²) in [6.45, 7) is 0. The zero-order valence-corrected chi connectivity index (χ0v) is 13.9. The Balaban J connectivity index is 1.95. The number of nitrogens with one attached hydrogen (secondary N) is 2. The summed E-state index contributed by atoms with van der Waals surface area (Å²) < 4.78 is 39.5. The van der Waals surface area contributed by atoms with Crippen LogP contribution in [0.4, 0.5) is 19.0 Å². The van der Waals surface area contributed by atoms with Crippen LogP contribution < -0.4 is 10.9 Å². The van der Waals surface area contributed by atoms with E-state index in [0.717, 1.165) is 31.7 Å². The van der Waals surface area contributed by atoms with Gasteiger partial charge in [0.15, 0.2) is 11.4 Å². The van der Waals surface area contributed by atoms with E-state index in [1.807, 2.05) is 6.07 Å². The average Bonchev–Trinajstić information content (AvgIpc) is 3.07. The van der Waals surface area contributed by atoms with Crippen LogP contribution in [0.1, 0.15) is 48.2 Å². The second-order valence-corrected chi connectivity index (χ2v) is 6.31. The predicted molar refractivity (Wildman–Crippen MR) is 89.7 cm³/mol. The monoisotopic (exact) mass is 362 g/mol. The van der Waals surface area contributed by atoms with Crippen LogP contribution in [0.25, 0.3) is 0 Å². The molecular weight excluding hydrogens is 345 g/mol. The Morgan fingerprint density at radius 2 is 1.96 bits per heavy atom. The molecule has 0 amide bonds. The summed E-state index contributed by atoms with van der Waals surface area (Å²) in [6.07, 6.45) is -0.759. The number of nitrogens with zero attached hydrogens (tertiary/aromatic N) is 2. The highest BCUT2D eigenvalue weighted by atomic mass is 19.4. The number of hydrogen-bond acceptors (Lipinski definition) is 4. The van der Waals surface area contributed by atoms with Gasteiger partial charge in [0, 0.05) is 12.5 Å². The Morgan fingerprint density at radius 3 is 2.62 bits per heavy atom. The summed E-state index contributed by atoms with van der Waals surface area (Å²) >= 11 is 0. The molecule has 0 aliphatic heterocycles. The van der Waals surface area contributed by atoms with Gasteiger partial charge in [-0.15, -0.1) is 0 Å². The van der Waals surface area contributed by atoms with E-state index in [2.05, 4.69) is 15.3 Å². The summed E-state index contributed by atoms with van der Waals surface area (Å²) in [6, 6.07) is 7.10. The molecule has 0 unspecified atom stereocenters. The lowest BCUT2D eigenvalue weighted by molar-refractivity contribution is -0.138. The molecule has 5 nitrogen and oxygen atoms in total. The third-order valence-corrected chi connectivity index (χ3v) is 4.46. The van der Waals surface area contributed by atoms with Crippen LogP contribution in [-0.4, -0.2) is 16.0 Å². The van der Waals surface area contributed by atoms with Gasteiger partial charge in [0.2, 0.25) is 0 Å². The highest BCUT2D eigenvalue weighted by Crippen LogP contribution is 2.32.